The van der Waals surface area contributed by atoms with Crippen LogP contribution in [0.1, 0.15) is 26.3 Å². The number of nitrogens with one attached hydrogen (secondary N) is 1. The summed E-state index contributed by atoms with van der Waals surface area (Å²) in [5.41, 5.74) is 1.95. The van der Waals surface area contributed by atoms with E-state index in [4.69, 9.17) is 32.7 Å². The molecule has 0 saturated heterocycles. The Balaban J connectivity index is 0.00000186. The number of nitro groups is 1. The number of nitrogens with zero attached hydrogens (tertiary/aromatic N) is 5. The van der Waals surface area contributed by atoms with Gasteiger partial charge in [-0.05, 0) is 12.5 Å². The van der Waals surface area contributed by atoms with Crippen LogP contribution in [-0.4, -0.2) is 48.9 Å². The van der Waals surface area contributed by atoms with Crippen molar-refractivity contribution in [3.63, 3.8) is 0 Å². The monoisotopic (exact) mass is 548 g/mol. The van der Waals surface area contributed by atoms with Gasteiger partial charge in [-0.2, -0.15) is 4.98 Å². The molecule has 1 aromatic heterocycles. The van der Waals surface area contributed by atoms with Gasteiger partial charge in [0.15, 0.2) is 0 Å². The molecule has 0 atom stereocenters. The fraction of sp³-hybridized carbons (Fsp3) is 0.348. The summed E-state index contributed by atoms with van der Waals surface area (Å²) in [6.45, 7) is 7.25. The maximum absolute atomic E-state index is 13.3. The van der Waals surface area contributed by atoms with Gasteiger partial charge in [0.2, 0.25) is 11.5 Å². The molecule has 2 amide bonds. The van der Waals surface area contributed by atoms with Crippen molar-refractivity contribution in [2.24, 2.45) is 0 Å². The number of hydrogen-bond acceptors (Lipinski definition) is 8. The molecule has 0 unspecified atom stereocenters. The van der Waals surface area contributed by atoms with Crippen molar-refractivity contribution in [1.82, 2.24) is 9.97 Å². The van der Waals surface area contributed by atoms with E-state index in [0.29, 0.717) is 28.6 Å². The lowest BCUT2D eigenvalue weighted by Crippen LogP contribution is -2.46. The molecular weight excluding hydrogens is 522 g/mol. The first-order valence-electron chi connectivity index (χ1n) is 11.4. The predicted molar refractivity (Wildman–Crippen MR) is 146 cm³/mol. The van der Waals surface area contributed by atoms with E-state index < -0.39 is 11.0 Å². The number of carbonyl (C=O) groups is 1. The average Bonchev–Trinajstić information content (AvgIpc) is 3.16. The van der Waals surface area contributed by atoms with Gasteiger partial charge in [-0.1, -0.05) is 49.8 Å². The number of carbonyl (C=O) groups excluding carboxylic acids is 1. The van der Waals surface area contributed by atoms with Gasteiger partial charge >= 0.3 is 6.03 Å². The van der Waals surface area contributed by atoms with E-state index in [-0.39, 0.29) is 40.5 Å². The molecule has 4 rings (SSSR count). The van der Waals surface area contributed by atoms with Gasteiger partial charge in [-0.15, -0.1) is 0 Å². The molecule has 0 bridgehead atoms. The second kappa shape index (κ2) is 11.3. The van der Waals surface area contributed by atoms with Crippen LogP contribution in [0.4, 0.5) is 22.2 Å². The molecule has 0 saturated carbocycles. The van der Waals surface area contributed by atoms with Gasteiger partial charge in [-0.3, -0.25) is 19.9 Å². The Hall–Kier alpha value is -3.51. The van der Waals surface area contributed by atoms with E-state index in [1.54, 1.807) is 33.0 Å². The average molecular weight is 549 g/mol. The van der Waals surface area contributed by atoms with Crippen LogP contribution in [0, 0.1) is 10.1 Å². The zero-order valence-electron chi connectivity index (χ0n) is 21.5. The van der Waals surface area contributed by atoms with Crippen molar-refractivity contribution in [2.45, 2.75) is 34.1 Å². The first kappa shape index (κ1) is 28.1. The standard InChI is InChI=1S/C21H21BCl2N6O5.C2H6/c1-10-7-22(2)18(30(32)33)16(10)26-20-25-8-11-9-29(21(31)28(3)19(11)27-20)17-14(23)12(34-4)6-13(35-5)15(17)24;1-2/h6-8H,9H2,1-5H3,(H,25,26,27);1-2H3. The fourth-order valence-corrected chi connectivity index (χ4v) is 4.86. The number of halogens is 2. The van der Waals surface area contributed by atoms with E-state index in [0.717, 1.165) is 5.57 Å². The van der Waals surface area contributed by atoms with Gasteiger partial charge in [0, 0.05) is 29.8 Å². The summed E-state index contributed by atoms with van der Waals surface area (Å²) in [6, 6.07) is 1.09. The summed E-state index contributed by atoms with van der Waals surface area (Å²) in [5, 5.41) is 14.8. The van der Waals surface area contributed by atoms with E-state index in [1.807, 2.05) is 13.8 Å². The first-order chi connectivity index (χ1) is 17.6. The van der Waals surface area contributed by atoms with Crippen LogP contribution in [0.15, 0.2) is 35.1 Å². The molecule has 2 aliphatic heterocycles. The van der Waals surface area contributed by atoms with Crippen LogP contribution in [-0.2, 0) is 6.54 Å². The van der Waals surface area contributed by atoms with E-state index >= 15 is 0 Å². The SMILES string of the molecule is CC.COc1cc(OC)c(Cl)c(N2Cc3cnc(NC4=C([N+](=O)[O-])B(C)C=C4C)nc3N(C)C2=O)c1Cl. The van der Waals surface area contributed by atoms with Gasteiger partial charge in [-0.25, -0.2) is 9.78 Å². The first-order valence-corrected chi connectivity index (χ1v) is 12.2. The van der Waals surface area contributed by atoms with Crippen molar-refractivity contribution in [3.8, 4) is 11.5 Å². The molecule has 0 aliphatic carbocycles. The number of urea groups is 1. The number of benzene rings is 1. The highest BCUT2D eigenvalue weighted by molar-refractivity contribution is 6.71. The number of aromatic nitrogens is 2. The third-order valence-corrected chi connectivity index (χ3v) is 6.57. The Labute approximate surface area is 225 Å². The summed E-state index contributed by atoms with van der Waals surface area (Å²) < 4.78 is 10.6. The Morgan fingerprint density at radius 3 is 2.32 bits per heavy atom. The smallest absolute Gasteiger partial charge is 0.330 e. The molecule has 1 N–H and O–H groups in total. The van der Waals surface area contributed by atoms with Gasteiger partial charge < -0.3 is 14.8 Å². The number of rotatable bonds is 6. The molecule has 3 heterocycles. The van der Waals surface area contributed by atoms with Crippen LogP contribution in [0.25, 0.3) is 0 Å². The largest absolute Gasteiger partial charge is 0.495 e. The highest BCUT2D eigenvalue weighted by atomic mass is 35.5. The number of ether oxygens (including phenoxy) is 2. The Morgan fingerprint density at radius 1 is 1.19 bits per heavy atom. The van der Waals surface area contributed by atoms with Crippen LogP contribution >= 0.6 is 23.2 Å². The van der Waals surface area contributed by atoms with E-state index in [2.05, 4.69) is 15.3 Å². The number of amides is 2. The highest BCUT2D eigenvalue weighted by Crippen LogP contribution is 2.47. The summed E-state index contributed by atoms with van der Waals surface area (Å²) in [7, 11) is 4.44. The lowest BCUT2D eigenvalue weighted by atomic mass is 9.51. The predicted octanol–water partition coefficient (Wildman–Crippen LogP) is 5.47. The van der Waals surface area contributed by atoms with Crippen molar-refractivity contribution in [3.05, 3.63) is 60.8 Å². The number of methoxy groups -OCH3 is 2. The molecule has 37 heavy (non-hydrogen) atoms. The van der Waals surface area contributed by atoms with Gasteiger partial charge in [0.25, 0.3) is 6.71 Å². The Kier molecular flexibility index (Phi) is 8.55. The number of allylic oxidation sites excluding steroid dienone is 1. The van der Waals surface area contributed by atoms with Crippen LogP contribution in [0.2, 0.25) is 16.9 Å². The van der Waals surface area contributed by atoms with Crippen molar-refractivity contribution < 1.29 is 19.2 Å². The van der Waals surface area contributed by atoms with Crippen LogP contribution < -0.4 is 24.6 Å². The maximum Gasteiger partial charge on any atom is 0.330 e. The van der Waals surface area contributed by atoms with E-state index in [1.165, 1.54) is 30.1 Å². The summed E-state index contributed by atoms with van der Waals surface area (Å²) in [4.78, 5) is 36.0. The molecule has 14 heteroatoms. The normalized spacial score (nSPS) is 14.7. The van der Waals surface area contributed by atoms with E-state index in [9.17, 15) is 14.9 Å². The lowest BCUT2D eigenvalue weighted by molar-refractivity contribution is -0.414. The Morgan fingerprint density at radius 2 is 1.78 bits per heavy atom. The van der Waals surface area contributed by atoms with Crippen LogP contribution in [0.5, 0.6) is 11.5 Å². The maximum atomic E-state index is 13.3. The van der Waals surface area contributed by atoms with Crippen LogP contribution in [0.3, 0.4) is 0 Å². The molecule has 11 nitrogen and oxygen atoms in total. The number of fused-ring (bicyclic) bond motifs is 1. The lowest BCUT2D eigenvalue weighted by Gasteiger charge is -2.35. The minimum absolute atomic E-state index is 0.0377. The third kappa shape index (κ3) is 5.03. The molecule has 0 radical (unpaired) electrons. The van der Waals surface area contributed by atoms with Crippen molar-refractivity contribution in [2.75, 3.05) is 36.4 Å². The topological polar surface area (TPSA) is 123 Å². The van der Waals surface area contributed by atoms with Gasteiger partial charge in [0.1, 0.15) is 33.1 Å². The molecule has 1 aromatic carbocycles. The number of anilines is 3. The zero-order chi connectivity index (χ0) is 27.6. The molecule has 2 aromatic rings. The summed E-state index contributed by atoms with van der Waals surface area (Å²) in [6.07, 6.45) is 1.55. The zero-order valence-corrected chi connectivity index (χ0v) is 23.1. The summed E-state index contributed by atoms with van der Waals surface area (Å²) in [5.74, 6) is 2.87. The molecule has 0 fully saturated rings. The number of hydrogen-bond donors (Lipinski definition) is 1. The van der Waals surface area contributed by atoms with Gasteiger partial charge in [0.05, 0.1) is 26.5 Å². The Bertz CT molecular complexity index is 1290. The molecular formula is C23H27BCl2N6O5. The quantitative estimate of drug-likeness (QED) is 0.286. The molecule has 0 spiro atoms. The fourth-order valence-electron chi connectivity index (χ4n) is 4.15. The third-order valence-electron chi connectivity index (χ3n) is 5.84. The van der Waals surface area contributed by atoms with Crippen molar-refractivity contribution >= 4 is 53.4 Å². The molecule has 196 valence electrons. The second-order valence-corrected chi connectivity index (χ2v) is 8.76. The molecule has 2 aliphatic rings. The highest BCUT2D eigenvalue weighted by Gasteiger charge is 2.36. The minimum atomic E-state index is -0.447. The minimum Gasteiger partial charge on any atom is -0.495 e. The second-order valence-electron chi connectivity index (χ2n) is 8.01. The summed E-state index contributed by atoms with van der Waals surface area (Å²) >= 11 is 13.0. The van der Waals surface area contributed by atoms with Crippen molar-refractivity contribution in [1.29, 1.82) is 0 Å².